The molecule has 1 aromatic rings. The van der Waals surface area contributed by atoms with Gasteiger partial charge >= 0.3 is 0 Å². The average Bonchev–Trinajstić information content (AvgIpc) is 2.87. The van der Waals surface area contributed by atoms with Crippen molar-refractivity contribution in [3.8, 4) is 5.75 Å². The molecule has 2 heteroatoms. The predicted octanol–water partition coefficient (Wildman–Crippen LogP) is 3.47. The van der Waals surface area contributed by atoms with Crippen molar-refractivity contribution in [2.75, 3.05) is 13.1 Å². The third-order valence-corrected chi connectivity index (χ3v) is 4.09. The van der Waals surface area contributed by atoms with Crippen molar-refractivity contribution in [3.05, 3.63) is 41.5 Å². The summed E-state index contributed by atoms with van der Waals surface area (Å²) in [4.78, 5) is 0. The zero-order chi connectivity index (χ0) is 12.9. The monoisotopic (exact) mass is 257 g/mol. The van der Waals surface area contributed by atoms with Crippen LogP contribution in [0.25, 0.3) is 0 Å². The third kappa shape index (κ3) is 3.38. The van der Waals surface area contributed by atoms with Gasteiger partial charge in [0.25, 0.3) is 0 Å². The number of nitrogens with one attached hydrogen (secondary N) is 1. The third-order valence-electron chi connectivity index (χ3n) is 4.09. The summed E-state index contributed by atoms with van der Waals surface area (Å²) in [6.07, 6.45) is 10.4. The Morgan fingerprint density at radius 1 is 1.21 bits per heavy atom. The largest absolute Gasteiger partial charge is 0.488 e. The van der Waals surface area contributed by atoms with E-state index in [4.69, 9.17) is 4.74 Å². The van der Waals surface area contributed by atoms with E-state index in [0.29, 0.717) is 6.10 Å². The minimum Gasteiger partial charge on any atom is -0.488 e. The van der Waals surface area contributed by atoms with Crippen LogP contribution in [0.5, 0.6) is 5.75 Å². The van der Waals surface area contributed by atoms with Gasteiger partial charge < -0.3 is 10.1 Å². The molecule has 2 nitrogen and oxygen atoms in total. The zero-order valence-electron chi connectivity index (χ0n) is 11.5. The molecule has 1 aliphatic heterocycles. The van der Waals surface area contributed by atoms with Gasteiger partial charge in [-0.1, -0.05) is 29.8 Å². The fourth-order valence-corrected chi connectivity index (χ4v) is 3.01. The molecule has 1 heterocycles. The standard InChI is InChI=1S/C17H23NO/c1-2-6-14(7-3-1)10-11-18-13-16-12-15-8-4-5-9-17(15)19-16/h4-6,8-9,16,18H,1-3,7,10-13H2. The Balaban J connectivity index is 1.37. The average molecular weight is 257 g/mol. The van der Waals surface area contributed by atoms with Gasteiger partial charge in [0.2, 0.25) is 0 Å². The van der Waals surface area contributed by atoms with Crippen LogP contribution in [0.15, 0.2) is 35.9 Å². The molecule has 0 aromatic heterocycles. The smallest absolute Gasteiger partial charge is 0.123 e. The lowest BCUT2D eigenvalue weighted by atomic mass is 9.97. The summed E-state index contributed by atoms with van der Waals surface area (Å²) in [5, 5.41) is 3.54. The maximum Gasteiger partial charge on any atom is 0.123 e. The molecule has 1 unspecified atom stereocenters. The first-order valence-corrected chi connectivity index (χ1v) is 7.55. The minimum absolute atomic E-state index is 0.317. The summed E-state index contributed by atoms with van der Waals surface area (Å²) >= 11 is 0. The van der Waals surface area contributed by atoms with Crippen LogP contribution in [0, 0.1) is 0 Å². The van der Waals surface area contributed by atoms with E-state index in [1.54, 1.807) is 5.57 Å². The molecule has 1 atom stereocenters. The van der Waals surface area contributed by atoms with Gasteiger partial charge in [0.05, 0.1) is 0 Å². The quantitative estimate of drug-likeness (QED) is 0.644. The van der Waals surface area contributed by atoms with Crippen molar-refractivity contribution >= 4 is 0 Å². The van der Waals surface area contributed by atoms with Crippen molar-refractivity contribution < 1.29 is 4.74 Å². The van der Waals surface area contributed by atoms with E-state index in [2.05, 4.69) is 29.6 Å². The highest BCUT2D eigenvalue weighted by atomic mass is 16.5. The molecule has 1 aromatic carbocycles. The molecule has 0 saturated heterocycles. The van der Waals surface area contributed by atoms with Crippen LogP contribution in [-0.4, -0.2) is 19.2 Å². The zero-order valence-corrected chi connectivity index (χ0v) is 11.5. The molecule has 0 radical (unpaired) electrons. The highest BCUT2D eigenvalue weighted by Gasteiger charge is 2.21. The highest BCUT2D eigenvalue weighted by molar-refractivity contribution is 5.37. The number of fused-ring (bicyclic) bond motifs is 1. The van der Waals surface area contributed by atoms with Crippen LogP contribution >= 0.6 is 0 Å². The molecular weight excluding hydrogens is 234 g/mol. The van der Waals surface area contributed by atoms with Crippen molar-refractivity contribution in [2.45, 2.75) is 44.6 Å². The van der Waals surface area contributed by atoms with Gasteiger partial charge in [-0.3, -0.25) is 0 Å². The lowest BCUT2D eigenvalue weighted by Crippen LogP contribution is -2.30. The van der Waals surface area contributed by atoms with Crippen LogP contribution in [-0.2, 0) is 6.42 Å². The SMILES string of the molecule is C1=C(CCNCC2Cc3ccccc3O2)CCCC1. The van der Waals surface area contributed by atoms with E-state index >= 15 is 0 Å². The van der Waals surface area contributed by atoms with Crippen molar-refractivity contribution in [3.63, 3.8) is 0 Å². The number of allylic oxidation sites excluding steroid dienone is 1. The number of para-hydroxylation sites is 1. The highest BCUT2D eigenvalue weighted by Crippen LogP contribution is 2.27. The van der Waals surface area contributed by atoms with Crippen LogP contribution in [0.2, 0.25) is 0 Å². The summed E-state index contributed by atoms with van der Waals surface area (Å²) in [5.41, 5.74) is 3.00. The Hall–Kier alpha value is -1.28. The molecule has 1 aliphatic carbocycles. The first-order valence-electron chi connectivity index (χ1n) is 7.55. The number of rotatable bonds is 5. The molecule has 0 bridgehead atoms. The molecule has 1 N–H and O–H groups in total. The second-order valence-electron chi connectivity index (χ2n) is 5.61. The van der Waals surface area contributed by atoms with E-state index in [-0.39, 0.29) is 0 Å². The molecule has 0 spiro atoms. The fraction of sp³-hybridized carbons (Fsp3) is 0.529. The fourth-order valence-electron chi connectivity index (χ4n) is 3.01. The van der Waals surface area contributed by atoms with Crippen LogP contribution in [0.4, 0.5) is 0 Å². The Kier molecular flexibility index (Phi) is 4.19. The van der Waals surface area contributed by atoms with Gasteiger partial charge in [-0.2, -0.15) is 0 Å². The van der Waals surface area contributed by atoms with E-state index < -0.39 is 0 Å². The summed E-state index contributed by atoms with van der Waals surface area (Å²) in [6.45, 7) is 2.05. The second-order valence-corrected chi connectivity index (χ2v) is 5.61. The first-order chi connectivity index (χ1) is 9.42. The first kappa shape index (κ1) is 12.7. The summed E-state index contributed by atoms with van der Waals surface area (Å²) in [5.74, 6) is 1.07. The number of hydrogen-bond acceptors (Lipinski definition) is 2. The van der Waals surface area contributed by atoms with Gasteiger partial charge in [-0.15, -0.1) is 0 Å². The molecule has 19 heavy (non-hydrogen) atoms. The van der Waals surface area contributed by atoms with Crippen LogP contribution in [0.1, 0.15) is 37.7 Å². The molecule has 0 amide bonds. The Bertz CT molecular complexity index is 427. The van der Waals surface area contributed by atoms with Crippen LogP contribution in [0.3, 0.4) is 0 Å². The lowest BCUT2D eigenvalue weighted by molar-refractivity contribution is 0.228. The number of hydrogen-bond donors (Lipinski definition) is 1. The Morgan fingerprint density at radius 2 is 2.16 bits per heavy atom. The van der Waals surface area contributed by atoms with E-state index in [9.17, 15) is 0 Å². The van der Waals surface area contributed by atoms with E-state index in [1.807, 2.05) is 6.07 Å². The van der Waals surface area contributed by atoms with Crippen molar-refractivity contribution in [2.24, 2.45) is 0 Å². The second kappa shape index (κ2) is 6.25. The summed E-state index contributed by atoms with van der Waals surface area (Å²) in [6, 6.07) is 8.38. The Morgan fingerprint density at radius 3 is 3.00 bits per heavy atom. The lowest BCUT2D eigenvalue weighted by Gasteiger charge is -2.15. The number of ether oxygens (including phenoxy) is 1. The van der Waals surface area contributed by atoms with E-state index in [1.165, 1.54) is 37.7 Å². The van der Waals surface area contributed by atoms with Gasteiger partial charge in [0.15, 0.2) is 0 Å². The van der Waals surface area contributed by atoms with Crippen molar-refractivity contribution in [1.82, 2.24) is 5.32 Å². The van der Waals surface area contributed by atoms with E-state index in [0.717, 1.165) is 25.3 Å². The summed E-state index contributed by atoms with van der Waals surface area (Å²) in [7, 11) is 0. The van der Waals surface area contributed by atoms with Gasteiger partial charge in [0.1, 0.15) is 11.9 Å². The topological polar surface area (TPSA) is 21.3 Å². The minimum atomic E-state index is 0.317. The van der Waals surface area contributed by atoms with Gasteiger partial charge in [-0.05, 0) is 50.3 Å². The maximum absolute atomic E-state index is 5.92. The molecular formula is C17H23NO. The van der Waals surface area contributed by atoms with Gasteiger partial charge in [0, 0.05) is 13.0 Å². The Labute approximate surface area is 115 Å². The molecule has 0 fully saturated rings. The number of benzene rings is 1. The molecule has 3 rings (SSSR count). The predicted molar refractivity (Wildman–Crippen MR) is 78.6 cm³/mol. The normalized spacial score (nSPS) is 21.7. The molecule has 2 aliphatic rings. The molecule has 102 valence electrons. The van der Waals surface area contributed by atoms with Crippen molar-refractivity contribution in [1.29, 1.82) is 0 Å². The van der Waals surface area contributed by atoms with Crippen LogP contribution < -0.4 is 10.1 Å². The maximum atomic E-state index is 5.92. The van der Waals surface area contributed by atoms with Gasteiger partial charge in [-0.25, -0.2) is 0 Å². The molecule has 0 saturated carbocycles. The summed E-state index contributed by atoms with van der Waals surface area (Å²) < 4.78 is 5.92.